The number of ether oxygens (including phenoxy) is 1. The Labute approximate surface area is 195 Å². The van der Waals surface area contributed by atoms with Crippen LogP contribution in [0.4, 0.5) is 0 Å². The average Bonchev–Trinajstić information content (AvgIpc) is 3.18. The number of amides is 1. The molecule has 3 aliphatic rings. The van der Waals surface area contributed by atoms with Crippen LogP contribution in [-0.4, -0.2) is 66.5 Å². The van der Waals surface area contributed by atoms with Gasteiger partial charge >= 0.3 is 0 Å². The van der Waals surface area contributed by atoms with Crippen LogP contribution < -0.4 is 0 Å². The minimum Gasteiger partial charge on any atom is -0.393 e. The fourth-order valence-electron chi connectivity index (χ4n) is 5.97. The molecule has 1 N–H and O–H groups in total. The summed E-state index contributed by atoms with van der Waals surface area (Å²) in [6.07, 6.45) is 5.60. The van der Waals surface area contributed by atoms with Crippen LogP contribution in [0.3, 0.4) is 0 Å². The van der Waals surface area contributed by atoms with E-state index in [2.05, 4.69) is 0 Å². The molecule has 0 saturated carbocycles. The summed E-state index contributed by atoms with van der Waals surface area (Å²) >= 11 is 0. The molecule has 1 unspecified atom stereocenters. The van der Waals surface area contributed by atoms with Gasteiger partial charge in [-0.25, -0.2) is 12.4 Å². The number of hydrogen-bond acceptors (Lipinski definition) is 5. The molecule has 2 aromatic rings. The van der Waals surface area contributed by atoms with E-state index in [9.17, 15) is 18.3 Å². The summed E-state index contributed by atoms with van der Waals surface area (Å²) in [5.41, 5.74) is 3.30. The Kier molecular flexibility index (Phi) is 6.27. The normalized spacial score (nSPS) is 23.1. The molecule has 1 atom stereocenters. The molecular formula is C25H34N2O5S. The lowest BCUT2D eigenvalue weighted by molar-refractivity contribution is 0.0439. The van der Waals surface area contributed by atoms with Crippen molar-refractivity contribution in [3.63, 3.8) is 0 Å². The number of carbonyl (C=O) groups excluding carboxylic acids is 1. The molecule has 3 heterocycles. The van der Waals surface area contributed by atoms with Crippen LogP contribution in [0.25, 0.3) is 10.9 Å². The topological polar surface area (TPSA) is 88.8 Å². The second kappa shape index (κ2) is 9.04. The molecule has 1 amide bonds. The van der Waals surface area contributed by atoms with Gasteiger partial charge in [0.1, 0.15) is 0 Å². The summed E-state index contributed by atoms with van der Waals surface area (Å²) in [5, 5.41) is 10.7. The van der Waals surface area contributed by atoms with Crippen molar-refractivity contribution in [3.8, 4) is 0 Å². The van der Waals surface area contributed by atoms with Gasteiger partial charge in [0.25, 0.3) is 5.91 Å². The quantitative estimate of drug-likeness (QED) is 0.736. The van der Waals surface area contributed by atoms with Gasteiger partial charge in [0.05, 0.1) is 17.4 Å². The number of benzene rings is 1. The maximum atomic E-state index is 13.2. The zero-order valence-electron chi connectivity index (χ0n) is 19.3. The fraction of sp³-hybridized carbons (Fsp3) is 0.640. The van der Waals surface area contributed by atoms with Gasteiger partial charge in [0.15, 0.2) is 0 Å². The molecule has 0 spiro atoms. The molecule has 0 bridgehead atoms. The van der Waals surface area contributed by atoms with E-state index < -0.39 is 10.0 Å². The first-order chi connectivity index (χ1) is 15.9. The summed E-state index contributed by atoms with van der Waals surface area (Å²) < 4.78 is 33.3. The summed E-state index contributed by atoms with van der Waals surface area (Å²) in [7, 11) is -3.45. The lowest BCUT2D eigenvalue weighted by atomic mass is 9.75. The zero-order chi connectivity index (χ0) is 23.2. The molecule has 7 nitrogen and oxygen atoms in total. The Morgan fingerprint density at radius 2 is 1.82 bits per heavy atom. The van der Waals surface area contributed by atoms with Crippen molar-refractivity contribution in [2.45, 2.75) is 58.0 Å². The summed E-state index contributed by atoms with van der Waals surface area (Å²) in [6.45, 7) is 4.40. The van der Waals surface area contributed by atoms with Crippen molar-refractivity contribution in [1.82, 2.24) is 8.87 Å². The summed E-state index contributed by atoms with van der Waals surface area (Å²) in [6, 6.07) is 5.49. The number of aromatic nitrogens is 1. The van der Waals surface area contributed by atoms with E-state index in [0.29, 0.717) is 48.8 Å². The monoisotopic (exact) mass is 474 g/mol. The molecule has 8 heteroatoms. The number of likely N-dealkylation sites (tertiary alicyclic amines) is 1. The third kappa shape index (κ3) is 4.21. The molecule has 180 valence electrons. The summed E-state index contributed by atoms with van der Waals surface area (Å²) in [4.78, 5) is 15.0. The van der Waals surface area contributed by atoms with Gasteiger partial charge in [0.2, 0.25) is 10.0 Å². The molecule has 5 rings (SSSR count). The van der Waals surface area contributed by atoms with E-state index in [1.54, 1.807) is 21.9 Å². The minimum absolute atomic E-state index is 0.0413. The number of aliphatic hydroxyl groups is 1. The first-order valence-corrected chi connectivity index (χ1v) is 13.9. The molecule has 2 saturated heterocycles. The van der Waals surface area contributed by atoms with E-state index in [0.717, 1.165) is 62.0 Å². The second-order valence-electron chi connectivity index (χ2n) is 9.80. The third-order valence-electron chi connectivity index (χ3n) is 7.93. The van der Waals surface area contributed by atoms with Crippen LogP contribution in [0.1, 0.15) is 60.6 Å². The van der Waals surface area contributed by atoms with Crippen molar-refractivity contribution in [3.05, 3.63) is 35.0 Å². The van der Waals surface area contributed by atoms with Crippen LogP contribution in [0, 0.1) is 11.8 Å². The number of fused-ring (bicyclic) bond motifs is 3. The van der Waals surface area contributed by atoms with Crippen molar-refractivity contribution in [1.29, 1.82) is 0 Å². The van der Waals surface area contributed by atoms with E-state index in [1.165, 1.54) is 0 Å². The van der Waals surface area contributed by atoms with Gasteiger partial charge in [-0.05, 0) is 87.5 Å². The van der Waals surface area contributed by atoms with Gasteiger partial charge in [-0.3, -0.25) is 4.79 Å². The van der Waals surface area contributed by atoms with Crippen LogP contribution >= 0.6 is 0 Å². The lowest BCUT2D eigenvalue weighted by Crippen LogP contribution is -2.40. The molecule has 1 aromatic carbocycles. The van der Waals surface area contributed by atoms with E-state index in [-0.39, 0.29) is 17.8 Å². The molecule has 33 heavy (non-hydrogen) atoms. The van der Waals surface area contributed by atoms with Crippen LogP contribution in [0.2, 0.25) is 0 Å². The van der Waals surface area contributed by atoms with Crippen molar-refractivity contribution >= 4 is 26.8 Å². The fourth-order valence-corrected chi connectivity index (χ4v) is 7.22. The van der Waals surface area contributed by atoms with Crippen LogP contribution in [-0.2, 0) is 27.6 Å². The highest BCUT2D eigenvalue weighted by Crippen LogP contribution is 2.40. The lowest BCUT2D eigenvalue weighted by Gasteiger charge is -2.33. The Morgan fingerprint density at radius 1 is 1.09 bits per heavy atom. The SMILES string of the molecule is CCS(=O)(=O)n1c2c(c3cc(C(=O)N4CCC(O)CC4)ccc31)CC(C1CCOCC1)CC2. The highest BCUT2D eigenvalue weighted by Gasteiger charge is 2.34. The average molecular weight is 475 g/mol. The van der Waals surface area contributed by atoms with Gasteiger partial charge in [0, 0.05) is 42.9 Å². The number of aliphatic hydroxyl groups excluding tert-OH is 1. The van der Waals surface area contributed by atoms with Crippen molar-refractivity contribution in [2.24, 2.45) is 11.8 Å². The van der Waals surface area contributed by atoms with Gasteiger partial charge < -0.3 is 14.7 Å². The molecule has 1 aliphatic carbocycles. The maximum absolute atomic E-state index is 13.2. The Bertz CT molecular complexity index is 1140. The second-order valence-corrected chi connectivity index (χ2v) is 11.9. The predicted octanol–water partition coefficient (Wildman–Crippen LogP) is 2.97. The van der Waals surface area contributed by atoms with Crippen LogP contribution in [0.5, 0.6) is 0 Å². The molecule has 2 aliphatic heterocycles. The summed E-state index contributed by atoms with van der Waals surface area (Å²) in [5.74, 6) is 1.13. The van der Waals surface area contributed by atoms with Crippen molar-refractivity contribution < 1.29 is 23.1 Å². The predicted molar refractivity (Wildman–Crippen MR) is 127 cm³/mol. The van der Waals surface area contributed by atoms with E-state index >= 15 is 0 Å². The Hall–Kier alpha value is -1.90. The molecule has 2 fully saturated rings. The highest BCUT2D eigenvalue weighted by molar-refractivity contribution is 7.90. The van der Waals surface area contributed by atoms with Gasteiger partial charge in [-0.1, -0.05) is 0 Å². The van der Waals surface area contributed by atoms with Crippen LogP contribution in [0.15, 0.2) is 18.2 Å². The first kappa shape index (κ1) is 22.9. The molecule has 1 aromatic heterocycles. The number of piperidine rings is 1. The van der Waals surface area contributed by atoms with E-state index in [4.69, 9.17) is 4.74 Å². The number of rotatable bonds is 4. The molecular weight excluding hydrogens is 440 g/mol. The molecule has 0 radical (unpaired) electrons. The smallest absolute Gasteiger partial charge is 0.253 e. The number of nitrogens with zero attached hydrogens (tertiary/aromatic N) is 2. The van der Waals surface area contributed by atoms with Gasteiger partial charge in [-0.2, -0.15) is 0 Å². The largest absolute Gasteiger partial charge is 0.393 e. The third-order valence-corrected chi connectivity index (χ3v) is 9.63. The van der Waals surface area contributed by atoms with Crippen molar-refractivity contribution in [2.75, 3.05) is 32.1 Å². The Balaban J connectivity index is 1.55. The Morgan fingerprint density at radius 3 is 2.52 bits per heavy atom. The van der Waals surface area contributed by atoms with Gasteiger partial charge in [-0.15, -0.1) is 0 Å². The van der Waals surface area contributed by atoms with E-state index in [1.807, 2.05) is 12.1 Å². The number of hydrogen-bond donors (Lipinski definition) is 1. The maximum Gasteiger partial charge on any atom is 0.253 e. The minimum atomic E-state index is -3.45. The number of carbonyl (C=O) groups is 1. The zero-order valence-corrected chi connectivity index (χ0v) is 20.1. The highest BCUT2D eigenvalue weighted by atomic mass is 32.2. The first-order valence-electron chi connectivity index (χ1n) is 12.3. The standard InChI is InChI=1S/C25H34N2O5S/c1-2-33(30,31)27-23-5-3-18(17-9-13-32-14-10-17)15-21(23)22-16-19(4-6-24(22)27)25(29)26-11-7-20(28)8-12-26/h4,6,16-18,20,28H,2-3,5,7-15H2,1H3.